The lowest BCUT2D eigenvalue weighted by molar-refractivity contribution is 0.0757. The summed E-state index contributed by atoms with van der Waals surface area (Å²) in [7, 11) is 0. The lowest BCUT2D eigenvalue weighted by atomic mass is 10.1. The Morgan fingerprint density at radius 3 is 2.85 bits per heavy atom. The molecule has 0 spiro atoms. The number of aromatic nitrogens is 3. The van der Waals surface area contributed by atoms with Crippen LogP contribution in [0.1, 0.15) is 40.9 Å². The van der Waals surface area contributed by atoms with Crippen LogP contribution in [0, 0.1) is 0 Å². The first kappa shape index (κ1) is 16.6. The Labute approximate surface area is 157 Å². The molecule has 27 heavy (non-hydrogen) atoms. The minimum absolute atomic E-state index is 0.0197. The Balaban J connectivity index is 1.33. The molecule has 1 amide bonds. The molecule has 3 aliphatic heterocycles. The molecular weight excluding hydrogens is 346 g/mol. The van der Waals surface area contributed by atoms with E-state index in [0.29, 0.717) is 43.4 Å². The molecule has 0 radical (unpaired) electrons. The van der Waals surface area contributed by atoms with Crippen molar-refractivity contribution < 1.29 is 14.3 Å². The van der Waals surface area contributed by atoms with Crippen LogP contribution in [0.4, 0.5) is 0 Å². The van der Waals surface area contributed by atoms with Crippen molar-refractivity contribution in [1.29, 1.82) is 0 Å². The average Bonchev–Trinajstić information content (AvgIpc) is 3.33. The zero-order valence-electron chi connectivity index (χ0n) is 15.2. The van der Waals surface area contributed by atoms with Gasteiger partial charge in [0.2, 0.25) is 0 Å². The van der Waals surface area contributed by atoms with Gasteiger partial charge in [-0.2, -0.15) is 0 Å². The second kappa shape index (κ2) is 6.84. The standard InChI is InChI=1S/C19H23N5O3/c25-19(13-3-4-15-16(12-13)27-11-10-26-15)23-7-5-17-21-22-18(24(17)9-8-23)14-2-1-6-20-14/h3-4,12,14,20H,1-2,5-11H2/t14-/m1/s1. The molecule has 1 fully saturated rings. The average molecular weight is 369 g/mol. The molecule has 8 nitrogen and oxygen atoms in total. The van der Waals surface area contributed by atoms with Crippen LogP contribution in [0.25, 0.3) is 0 Å². The maximum absolute atomic E-state index is 13.0. The number of benzene rings is 1. The molecular formula is C19H23N5O3. The Hall–Kier alpha value is -2.61. The van der Waals surface area contributed by atoms with E-state index in [0.717, 1.165) is 37.6 Å². The van der Waals surface area contributed by atoms with Crippen molar-refractivity contribution in [3.05, 3.63) is 35.4 Å². The van der Waals surface area contributed by atoms with E-state index in [2.05, 4.69) is 20.1 Å². The van der Waals surface area contributed by atoms with Crippen LogP contribution in [0.2, 0.25) is 0 Å². The summed E-state index contributed by atoms with van der Waals surface area (Å²) in [6, 6.07) is 5.70. The maximum atomic E-state index is 13.0. The van der Waals surface area contributed by atoms with Crippen molar-refractivity contribution in [1.82, 2.24) is 25.0 Å². The van der Waals surface area contributed by atoms with Crippen molar-refractivity contribution in [2.75, 3.05) is 32.8 Å². The summed E-state index contributed by atoms with van der Waals surface area (Å²) in [4.78, 5) is 14.9. The Morgan fingerprint density at radius 1 is 1.11 bits per heavy atom. The van der Waals surface area contributed by atoms with Crippen molar-refractivity contribution in [2.45, 2.75) is 31.8 Å². The number of nitrogens with one attached hydrogen (secondary N) is 1. The van der Waals surface area contributed by atoms with Gasteiger partial charge < -0.3 is 24.3 Å². The number of ether oxygens (including phenoxy) is 2. The van der Waals surface area contributed by atoms with Crippen LogP contribution in [-0.2, 0) is 13.0 Å². The fourth-order valence-corrected chi connectivity index (χ4v) is 4.07. The van der Waals surface area contributed by atoms with E-state index in [1.54, 1.807) is 6.07 Å². The summed E-state index contributed by atoms with van der Waals surface area (Å²) in [5.41, 5.74) is 0.634. The van der Waals surface area contributed by atoms with Crippen LogP contribution < -0.4 is 14.8 Å². The fraction of sp³-hybridized carbons (Fsp3) is 0.526. The Bertz CT molecular complexity index is 859. The number of carbonyl (C=O) groups excluding carboxylic acids is 1. The van der Waals surface area contributed by atoms with Gasteiger partial charge in [0.15, 0.2) is 11.5 Å². The first-order chi connectivity index (χ1) is 13.3. The van der Waals surface area contributed by atoms with Gasteiger partial charge in [-0.05, 0) is 37.6 Å². The molecule has 142 valence electrons. The normalized spacial score (nSPS) is 21.6. The second-order valence-corrected chi connectivity index (χ2v) is 7.18. The summed E-state index contributed by atoms with van der Waals surface area (Å²) in [6.07, 6.45) is 2.98. The van der Waals surface area contributed by atoms with Crippen LogP contribution >= 0.6 is 0 Å². The zero-order chi connectivity index (χ0) is 18.2. The summed E-state index contributed by atoms with van der Waals surface area (Å²) in [5, 5.41) is 12.3. The number of fused-ring (bicyclic) bond motifs is 2. The van der Waals surface area contributed by atoms with Gasteiger partial charge >= 0.3 is 0 Å². The molecule has 3 aliphatic rings. The summed E-state index contributed by atoms with van der Waals surface area (Å²) in [5.74, 6) is 3.35. The summed E-state index contributed by atoms with van der Waals surface area (Å²) >= 11 is 0. The summed E-state index contributed by atoms with van der Waals surface area (Å²) in [6.45, 7) is 4.11. The molecule has 0 unspecified atom stereocenters. The Morgan fingerprint density at radius 2 is 2.00 bits per heavy atom. The van der Waals surface area contributed by atoms with Crippen LogP contribution in [-0.4, -0.2) is 58.4 Å². The third kappa shape index (κ3) is 3.03. The predicted octanol–water partition coefficient (Wildman–Crippen LogP) is 1.17. The van der Waals surface area contributed by atoms with Crippen LogP contribution in [0.15, 0.2) is 18.2 Å². The topological polar surface area (TPSA) is 81.5 Å². The monoisotopic (exact) mass is 369 g/mol. The number of carbonyl (C=O) groups is 1. The predicted molar refractivity (Wildman–Crippen MR) is 97.0 cm³/mol. The SMILES string of the molecule is O=C(c1ccc2c(c1)OCCO2)N1CCc2nnc([C@H]3CCCN3)n2CC1. The van der Waals surface area contributed by atoms with E-state index >= 15 is 0 Å². The molecule has 0 aliphatic carbocycles. The molecule has 2 aromatic rings. The van der Waals surface area contributed by atoms with Gasteiger partial charge in [0.25, 0.3) is 5.91 Å². The lowest BCUT2D eigenvalue weighted by Gasteiger charge is -2.22. The molecule has 5 rings (SSSR count). The number of rotatable bonds is 2. The number of nitrogens with zero attached hydrogens (tertiary/aromatic N) is 4. The highest BCUT2D eigenvalue weighted by Crippen LogP contribution is 2.31. The van der Waals surface area contributed by atoms with E-state index in [1.807, 2.05) is 17.0 Å². The first-order valence-corrected chi connectivity index (χ1v) is 9.64. The molecule has 0 bridgehead atoms. The van der Waals surface area contributed by atoms with E-state index in [-0.39, 0.29) is 11.9 Å². The van der Waals surface area contributed by atoms with Gasteiger partial charge in [0.05, 0.1) is 6.04 Å². The van der Waals surface area contributed by atoms with E-state index in [4.69, 9.17) is 9.47 Å². The highest BCUT2D eigenvalue weighted by molar-refractivity contribution is 5.95. The van der Waals surface area contributed by atoms with E-state index < -0.39 is 0 Å². The first-order valence-electron chi connectivity index (χ1n) is 9.64. The van der Waals surface area contributed by atoms with Gasteiger partial charge in [0.1, 0.15) is 24.9 Å². The van der Waals surface area contributed by atoms with E-state index in [9.17, 15) is 4.79 Å². The number of amides is 1. The molecule has 1 aromatic heterocycles. The Kier molecular flexibility index (Phi) is 4.20. The third-order valence-corrected chi connectivity index (χ3v) is 5.50. The van der Waals surface area contributed by atoms with Crippen molar-refractivity contribution in [2.24, 2.45) is 0 Å². The van der Waals surface area contributed by atoms with Gasteiger partial charge in [-0.15, -0.1) is 10.2 Å². The molecule has 1 aromatic carbocycles. The van der Waals surface area contributed by atoms with Crippen LogP contribution in [0.5, 0.6) is 11.5 Å². The van der Waals surface area contributed by atoms with Gasteiger partial charge in [-0.25, -0.2) is 0 Å². The van der Waals surface area contributed by atoms with E-state index in [1.165, 1.54) is 6.42 Å². The van der Waals surface area contributed by atoms with Gasteiger partial charge in [-0.1, -0.05) is 0 Å². The molecule has 1 saturated heterocycles. The lowest BCUT2D eigenvalue weighted by Crippen LogP contribution is -2.34. The third-order valence-electron chi connectivity index (χ3n) is 5.50. The summed E-state index contributed by atoms with van der Waals surface area (Å²) < 4.78 is 13.3. The van der Waals surface area contributed by atoms with Crippen molar-refractivity contribution in [3.63, 3.8) is 0 Å². The van der Waals surface area contributed by atoms with Crippen molar-refractivity contribution in [3.8, 4) is 11.5 Å². The number of hydrogen-bond donors (Lipinski definition) is 1. The largest absolute Gasteiger partial charge is 0.486 e. The minimum Gasteiger partial charge on any atom is -0.486 e. The van der Waals surface area contributed by atoms with Crippen LogP contribution in [0.3, 0.4) is 0 Å². The molecule has 0 saturated carbocycles. The van der Waals surface area contributed by atoms with Gasteiger partial charge in [-0.3, -0.25) is 4.79 Å². The molecule has 4 heterocycles. The second-order valence-electron chi connectivity index (χ2n) is 7.18. The number of hydrogen-bond acceptors (Lipinski definition) is 6. The highest BCUT2D eigenvalue weighted by atomic mass is 16.6. The molecule has 8 heteroatoms. The molecule has 1 N–H and O–H groups in total. The quantitative estimate of drug-likeness (QED) is 0.856. The minimum atomic E-state index is 0.0197. The molecule has 1 atom stereocenters. The smallest absolute Gasteiger partial charge is 0.254 e. The van der Waals surface area contributed by atoms with Crippen molar-refractivity contribution >= 4 is 5.91 Å². The van der Waals surface area contributed by atoms with Gasteiger partial charge in [0, 0.05) is 31.6 Å². The zero-order valence-corrected chi connectivity index (χ0v) is 15.2. The fourth-order valence-electron chi connectivity index (χ4n) is 4.07. The highest BCUT2D eigenvalue weighted by Gasteiger charge is 2.27. The maximum Gasteiger partial charge on any atom is 0.254 e.